The normalized spacial score (nSPS) is 10.9. The Morgan fingerprint density at radius 2 is 0.743 bits per heavy atom. The number of methoxy groups -OCH3 is 2. The van der Waals surface area contributed by atoms with Gasteiger partial charge in [-0.2, -0.15) is 0 Å². The Bertz CT molecular complexity index is 5580. The third-order valence-corrected chi connectivity index (χ3v) is 19.1. The minimum absolute atomic E-state index is 0.134. The number of fused-ring (bicyclic) bond motifs is 7. The molecule has 0 saturated carbocycles. The number of ether oxygens (including phenoxy) is 2. The molecule has 12 heteroatoms. The largest absolute Gasteiger partial charge is 0.497 e. The molecule has 17 aromatic rings. The van der Waals surface area contributed by atoms with E-state index in [-0.39, 0.29) is 11.6 Å². The maximum atomic E-state index is 13.2. The lowest BCUT2D eigenvalue weighted by Crippen LogP contribution is -1.96. The van der Waals surface area contributed by atoms with Gasteiger partial charge in [0.2, 0.25) is 0 Å². The summed E-state index contributed by atoms with van der Waals surface area (Å²) in [5.74, 6) is 1.57. The van der Waals surface area contributed by atoms with E-state index in [9.17, 15) is 8.78 Å². The van der Waals surface area contributed by atoms with Gasteiger partial charge in [-0.3, -0.25) is 0 Å². The van der Waals surface area contributed by atoms with Crippen molar-refractivity contribution < 1.29 is 18.3 Å². The van der Waals surface area contributed by atoms with E-state index >= 15 is 0 Å². The van der Waals surface area contributed by atoms with Gasteiger partial charge in [0, 0.05) is 144 Å². The van der Waals surface area contributed by atoms with Crippen LogP contribution < -0.4 is 9.47 Å². The lowest BCUT2D eigenvalue weighted by Gasteiger charge is -2.12. The van der Waals surface area contributed by atoms with Crippen molar-refractivity contribution in [1.82, 2.24) is 32.0 Å². The topological polar surface area (TPSA) is 53.0 Å². The maximum absolute atomic E-state index is 13.2. The molecule has 0 radical (unpaired) electrons. The fourth-order valence-electron chi connectivity index (χ4n) is 14.0. The molecule has 0 aliphatic carbocycles. The summed E-state index contributed by atoms with van der Waals surface area (Å²) in [6.45, 7) is 14.6. The minimum atomic E-state index is -0.170. The number of aromatic nitrogens is 7. The smallest absolute Gasteiger partial charge is 0.132 e. The number of nitrogens with zero attached hydrogens (tertiary/aromatic N) is 7. The fraction of sp³-hybridized carbons (Fsp3) is 0.169. The van der Waals surface area contributed by atoms with Gasteiger partial charge < -0.3 is 41.4 Å². The number of hydrogen-bond acceptors (Lipinski definition) is 2. The van der Waals surface area contributed by atoms with E-state index in [4.69, 9.17) is 21.1 Å². The molecule has 0 saturated heterocycles. The van der Waals surface area contributed by atoms with E-state index in [0.29, 0.717) is 0 Å². The van der Waals surface area contributed by atoms with Crippen molar-refractivity contribution >= 4 is 87.9 Å². The molecule has 0 N–H and O–H groups in total. The summed E-state index contributed by atoms with van der Waals surface area (Å²) in [5.41, 5.74) is 23.2. The van der Waals surface area contributed by atoms with Crippen molar-refractivity contribution in [3.8, 4) is 39.7 Å². The zero-order valence-corrected chi connectivity index (χ0v) is 61.2. The highest BCUT2D eigenvalue weighted by Crippen LogP contribution is 2.37. The van der Waals surface area contributed by atoms with Crippen LogP contribution in [0, 0.1) is 60.1 Å². The second-order valence-corrected chi connectivity index (χ2v) is 26.2. The van der Waals surface area contributed by atoms with E-state index < -0.39 is 0 Å². The van der Waals surface area contributed by atoms with Gasteiger partial charge in [-0.15, -0.1) is 0 Å². The van der Waals surface area contributed by atoms with E-state index in [1.54, 1.807) is 32.4 Å². The number of para-hydroxylation sites is 3. The van der Waals surface area contributed by atoms with Crippen LogP contribution in [0.2, 0.25) is 5.02 Å². The quantitative estimate of drug-likeness (QED) is 0.172. The molecule has 9 nitrogen and oxygen atoms in total. The van der Waals surface area contributed by atoms with Crippen LogP contribution in [0.3, 0.4) is 0 Å². The summed E-state index contributed by atoms with van der Waals surface area (Å²) >= 11 is 5.89. The number of aryl methyl sites for hydroxylation is 13. The van der Waals surface area contributed by atoms with E-state index in [1.807, 2.05) is 99.0 Å². The molecule has 0 spiro atoms. The van der Waals surface area contributed by atoms with Crippen LogP contribution in [0.25, 0.3) is 105 Å². The summed E-state index contributed by atoms with van der Waals surface area (Å²) in [6.07, 6.45) is 10.3. The molecule has 0 atom stereocenters. The zero-order chi connectivity index (χ0) is 71.8. The predicted molar refractivity (Wildman–Crippen MR) is 423 cm³/mol. The summed E-state index contributed by atoms with van der Waals surface area (Å²) < 4.78 is 51.5. The molecule has 7 heterocycles. The van der Waals surface area contributed by atoms with Crippen molar-refractivity contribution in [1.29, 1.82) is 0 Å². The summed E-state index contributed by atoms with van der Waals surface area (Å²) in [4.78, 5) is 0. The SMILES string of the molecule is COc1ccc2c(c1)c(C)cn2C.COc1cccc2c1c(C)cn2C.Cc1c(-c2ccccc2)n(-c2ccccc2)c2ccccc12.Cc1c(-c2ccccc2)n(C)c2ccccc12.Cc1cn(C)c2ccc(Cl)cc12.Cc1cn(C)c2ccc(F)cc12.Cc1cn(C)c2cccc(F)c12. The Morgan fingerprint density at radius 3 is 1.29 bits per heavy atom. The average Bonchev–Trinajstić information content (AvgIpc) is 1.58. The van der Waals surface area contributed by atoms with Gasteiger partial charge in [0.1, 0.15) is 23.1 Å². The highest BCUT2D eigenvalue weighted by atomic mass is 35.5. The lowest BCUT2D eigenvalue weighted by molar-refractivity contribution is 0.415. The fourth-order valence-corrected chi connectivity index (χ4v) is 14.2. The highest BCUT2D eigenvalue weighted by Gasteiger charge is 2.18. The van der Waals surface area contributed by atoms with Crippen LogP contribution in [0.4, 0.5) is 8.78 Å². The van der Waals surface area contributed by atoms with E-state index in [0.717, 1.165) is 49.5 Å². The molecule has 7 aromatic heterocycles. The molecule has 0 aliphatic heterocycles. The molecular formula is C89H88ClF2N7O2. The van der Waals surface area contributed by atoms with Gasteiger partial charge in [-0.25, -0.2) is 8.78 Å². The Kier molecular flexibility index (Phi) is 22.0. The summed E-state index contributed by atoms with van der Waals surface area (Å²) in [7, 11) is 15.6. The second-order valence-electron chi connectivity index (χ2n) is 25.8. The van der Waals surface area contributed by atoms with Gasteiger partial charge in [-0.1, -0.05) is 139 Å². The average molecular weight is 1360 g/mol. The minimum Gasteiger partial charge on any atom is -0.497 e. The lowest BCUT2D eigenvalue weighted by atomic mass is 10.1. The van der Waals surface area contributed by atoms with Crippen LogP contribution in [0.1, 0.15) is 38.9 Å². The van der Waals surface area contributed by atoms with Crippen LogP contribution in [-0.2, 0) is 42.3 Å². The molecule has 0 fully saturated rings. The Balaban J connectivity index is 0.000000120. The number of halogens is 3. The molecule has 17 rings (SSSR count). The van der Waals surface area contributed by atoms with Gasteiger partial charge in [0.15, 0.2) is 0 Å². The highest BCUT2D eigenvalue weighted by molar-refractivity contribution is 6.31. The zero-order valence-electron chi connectivity index (χ0n) is 60.4. The standard InChI is InChI=1S/C21H17N.C16H15N.2C11H13NO.C10H10ClN.2C10H10FN/c1-16-19-14-8-9-15-20(19)22(18-12-6-3-7-13-18)21(16)17-10-4-2-5-11-17;1-12-14-10-6-7-11-15(14)17(2)16(12)13-8-4-3-5-9-13;1-8-7-12(2)11-5-4-9(13-3)6-10(8)11;1-8-7-12(2)9-5-4-6-10(13-3)11(8)9;2*1-7-6-12(2)10-4-3-8(11)5-9(7)10;1-7-6-12(2)9-5-3-4-8(11)10(7)9/h2-15H,1H3;3-11H,1-2H3;2*4-7H,1-3H3;3*3-6H,1-2H3. The van der Waals surface area contributed by atoms with Crippen LogP contribution in [-0.4, -0.2) is 46.2 Å². The molecule has 101 heavy (non-hydrogen) atoms. The number of benzene rings is 10. The Morgan fingerprint density at radius 1 is 0.327 bits per heavy atom. The Hall–Kier alpha value is -11.3. The molecule has 0 bridgehead atoms. The molecule has 0 aliphatic rings. The van der Waals surface area contributed by atoms with Gasteiger partial charge in [0.05, 0.1) is 42.2 Å². The van der Waals surface area contributed by atoms with Crippen molar-refractivity contribution in [3.63, 3.8) is 0 Å². The molecule has 10 aromatic carbocycles. The van der Waals surface area contributed by atoms with Gasteiger partial charge in [-0.05, 0) is 202 Å². The van der Waals surface area contributed by atoms with Gasteiger partial charge in [0.25, 0.3) is 0 Å². The first-order valence-corrected chi connectivity index (χ1v) is 34.2. The first-order valence-electron chi connectivity index (χ1n) is 33.8. The Labute approximate surface area is 596 Å². The summed E-state index contributed by atoms with van der Waals surface area (Å²) in [5, 5.41) is 8.91. The molecular weight excluding hydrogens is 1270 g/mol. The van der Waals surface area contributed by atoms with Crippen LogP contribution >= 0.6 is 11.6 Å². The van der Waals surface area contributed by atoms with Crippen molar-refractivity contribution in [3.05, 3.63) is 317 Å². The van der Waals surface area contributed by atoms with Gasteiger partial charge >= 0.3 is 0 Å². The van der Waals surface area contributed by atoms with Crippen molar-refractivity contribution in [2.45, 2.75) is 48.5 Å². The first-order chi connectivity index (χ1) is 48.7. The van der Waals surface area contributed by atoms with Crippen molar-refractivity contribution in [2.75, 3.05) is 14.2 Å². The number of rotatable bonds is 5. The molecule has 512 valence electrons. The van der Waals surface area contributed by atoms with Crippen LogP contribution in [0.15, 0.2) is 262 Å². The van der Waals surface area contributed by atoms with E-state index in [1.165, 1.54) is 123 Å². The monoisotopic (exact) mass is 1360 g/mol. The number of hydrogen-bond donors (Lipinski definition) is 0. The third kappa shape index (κ3) is 15.2. The second kappa shape index (κ2) is 31.3. The van der Waals surface area contributed by atoms with Crippen molar-refractivity contribution in [2.24, 2.45) is 42.3 Å². The molecule has 0 amide bonds. The van der Waals surface area contributed by atoms with Crippen LogP contribution in [0.5, 0.6) is 11.5 Å². The predicted octanol–water partition coefficient (Wildman–Crippen LogP) is 23.1. The summed E-state index contributed by atoms with van der Waals surface area (Å²) in [6, 6.07) is 77.2. The maximum Gasteiger partial charge on any atom is 0.132 e. The molecule has 0 unspecified atom stereocenters. The van der Waals surface area contributed by atoms with E-state index in [2.05, 4.69) is 255 Å². The first kappa shape index (κ1) is 71.0. The third-order valence-electron chi connectivity index (χ3n) is 18.8.